The highest BCUT2D eigenvalue weighted by Gasteiger charge is 2.23. The average molecular weight is 226 g/mol. The lowest BCUT2D eigenvalue weighted by molar-refractivity contribution is 1.03. The van der Waals surface area contributed by atoms with Crippen LogP contribution in [0.15, 0.2) is 54.6 Å². The van der Waals surface area contributed by atoms with Crippen molar-refractivity contribution in [3.05, 3.63) is 60.2 Å². The summed E-state index contributed by atoms with van der Waals surface area (Å²) < 4.78 is 0. The van der Waals surface area contributed by atoms with Gasteiger partial charge in [-0.1, -0.05) is 54.6 Å². The van der Waals surface area contributed by atoms with Gasteiger partial charge >= 0.3 is 0 Å². The predicted molar refractivity (Wildman–Crippen MR) is 71.8 cm³/mol. The number of rotatable bonds is 3. The van der Waals surface area contributed by atoms with Crippen LogP contribution in [-0.2, 0) is 6.42 Å². The number of thioether (sulfide) groups is 1. The Hall–Kier alpha value is -1.21. The van der Waals surface area contributed by atoms with E-state index in [2.05, 4.69) is 66.4 Å². The number of benzene rings is 2. The molecule has 0 bridgehead atoms. The van der Waals surface area contributed by atoms with E-state index in [4.69, 9.17) is 0 Å². The third-order valence-electron chi connectivity index (χ3n) is 2.95. The molecule has 0 N–H and O–H groups in total. The zero-order valence-electron chi connectivity index (χ0n) is 9.10. The molecule has 2 aromatic carbocycles. The van der Waals surface area contributed by atoms with Crippen molar-refractivity contribution in [2.75, 3.05) is 5.75 Å². The van der Waals surface area contributed by atoms with Gasteiger partial charge in [0.1, 0.15) is 0 Å². The van der Waals surface area contributed by atoms with Crippen LogP contribution in [0, 0.1) is 0 Å². The van der Waals surface area contributed by atoms with Crippen molar-refractivity contribution in [3.8, 4) is 11.1 Å². The molecule has 1 heteroatoms. The summed E-state index contributed by atoms with van der Waals surface area (Å²) in [6, 6.07) is 19.5. The lowest BCUT2D eigenvalue weighted by Crippen LogP contribution is -1.94. The molecule has 0 radical (unpaired) electrons. The minimum atomic E-state index is 0.866. The molecule has 1 atom stereocenters. The third-order valence-corrected chi connectivity index (χ3v) is 3.92. The van der Waals surface area contributed by atoms with Crippen molar-refractivity contribution in [1.82, 2.24) is 0 Å². The summed E-state index contributed by atoms with van der Waals surface area (Å²) in [7, 11) is 0. The van der Waals surface area contributed by atoms with Crippen LogP contribution < -0.4 is 0 Å². The summed E-state index contributed by atoms with van der Waals surface area (Å²) in [6.07, 6.45) is 1.22. The van der Waals surface area contributed by atoms with Crippen molar-refractivity contribution in [1.29, 1.82) is 0 Å². The SMILES string of the molecule is c1ccc(-c2ccccc2CC2CS2)cc1. The van der Waals surface area contributed by atoms with Crippen LogP contribution in [0.2, 0.25) is 0 Å². The lowest BCUT2D eigenvalue weighted by atomic mass is 9.97. The van der Waals surface area contributed by atoms with E-state index in [0.717, 1.165) is 5.25 Å². The van der Waals surface area contributed by atoms with Gasteiger partial charge in [0.25, 0.3) is 0 Å². The monoisotopic (exact) mass is 226 g/mol. The molecule has 0 aliphatic carbocycles. The molecule has 1 heterocycles. The van der Waals surface area contributed by atoms with Gasteiger partial charge in [0.05, 0.1) is 0 Å². The highest BCUT2D eigenvalue weighted by molar-refractivity contribution is 8.06. The van der Waals surface area contributed by atoms with Crippen molar-refractivity contribution < 1.29 is 0 Å². The Balaban J connectivity index is 1.98. The molecule has 80 valence electrons. The van der Waals surface area contributed by atoms with Crippen LogP contribution in [-0.4, -0.2) is 11.0 Å². The number of hydrogen-bond donors (Lipinski definition) is 0. The van der Waals surface area contributed by atoms with Crippen LogP contribution in [0.1, 0.15) is 5.56 Å². The molecule has 16 heavy (non-hydrogen) atoms. The van der Waals surface area contributed by atoms with Gasteiger partial charge in [0.2, 0.25) is 0 Å². The molecule has 1 saturated heterocycles. The van der Waals surface area contributed by atoms with Crippen molar-refractivity contribution in [2.45, 2.75) is 11.7 Å². The van der Waals surface area contributed by atoms with Gasteiger partial charge in [-0.3, -0.25) is 0 Å². The smallest absolute Gasteiger partial charge is 0.0179 e. The highest BCUT2D eigenvalue weighted by Crippen LogP contribution is 2.35. The molecule has 3 rings (SSSR count). The van der Waals surface area contributed by atoms with Crippen molar-refractivity contribution in [2.24, 2.45) is 0 Å². The summed E-state index contributed by atoms with van der Waals surface area (Å²) >= 11 is 2.07. The van der Waals surface area contributed by atoms with Gasteiger partial charge in [-0.25, -0.2) is 0 Å². The Kier molecular flexibility index (Phi) is 2.71. The maximum Gasteiger partial charge on any atom is 0.0179 e. The molecule has 0 nitrogen and oxygen atoms in total. The van der Waals surface area contributed by atoms with Gasteiger partial charge < -0.3 is 0 Å². The standard InChI is InChI=1S/C15H14S/c1-2-6-12(7-3-1)15-9-5-4-8-13(15)10-14-11-16-14/h1-9,14H,10-11H2. The van der Waals surface area contributed by atoms with E-state index in [-0.39, 0.29) is 0 Å². The molecule has 1 aliphatic rings. The average Bonchev–Trinajstić information content (AvgIpc) is 3.15. The van der Waals surface area contributed by atoms with E-state index in [1.54, 1.807) is 0 Å². The summed E-state index contributed by atoms with van der Waals surface area (Å²) in [5.74, 6) is 1.34. The molecule has 0 saturated carbocycles. The van der Waals surface area contributed by atoms with E-state index in [9.17, 15) is 0 Å². The fourth-order valence-electron chi connectivity index (χ4n) is 2.03. The first-order valence-electron chi connectivity index (χ1n) is 5.68. The predicted octanol–water partition coefficient (Wildman–Crippen LogP) is 4.01. The van der Waals surface area contributed by atoms with E-state index < -0.39 is 0 Å². The largest absolute Gasteiger partial charge is 0.156 e. The quantitative estimate of drug-likeness (QED) is 0.712. The fraction of sp³-hybridized carbons (Fsp3) is 0.200. The Bertz CT molecular complexity index is 472. The summed E-state index contributed by atoms with van der Waals surface area (Å²) in [5.41, 5.74) is 4.23. The fourth-order valence-corrected chi connectivity index (χ4v) is 2.58. The van der Waals surface area contributed by atoms with Gasteiger partial charge in [-0.2, -0.15) is 11.8 Å². The molecular formula is C15H14S. The summed E-state index contributed by atoms with van der Waals surface area (Å²) in [4.78, 5) is 0. The second-order valence-corrected chi connectivity index (χ2v) is 5.52. The van der Waals surface area contributed by atoms with E-state index in [1.807, 2.05) is 0 Å². The zero-order chi connectivity index (χ0) is 10.8. The van der Waals surface area contributed by atoms with Gasteiger partial charge in [0, 0.05) is 11.0 Å². The van der Waals surface area contributed by atoms with Crippen molar-refractivity contribution in [3.63, 3.8) is 0 Å². The molecule has 2 aromatic rings. The minimum absolute atomic E-state index is 0.866. The Labute approximate surface area is 101 Å². The first-order chi connectivity index (χ1) is 7.93. The van der Waals surface area contributed by atoms with E-state index >= 15 is 0 Å². The second-order valence-electron chi connectivity index (χ2n) is 4.18. The molecule has 1 fully saturated rings. The minimum Gasteiger partial charge on any atom is -0.156 e. The molecule has 1 unspecified atom stereocenters. The van der Waals surface area contributed by atoms with Gasteiger partial charge in [0.15, 0.2) is 0 Å². The van der Waals surface area contributed by atoms with Crippen LogP contribution >= 0.6 is 11.8 Å². The second kappa shape index (κ2) is 4.34. The Morgan fingerprint density at radius 2 is 1.62 bits per heavy atom. The van der Waals surface area contributed by atoms with E-state index in [0.29, 0.717) is 0 Å². The van der Waals surface area contributed by atoms with Crippen LogP contribution in [0.25, 0.3) is 11.1 Å². The van der Waals surface area contributed by atoms with Crippen LogP contribution in [0.4, 0.5) is 0 Å². The molecule has 0 aromatic heterocycles. The highest BCUT2D eigenvalue weighted by atomic mass is 32.2. The van der Waals surface area contributed by atoms with Crippen LogP contribution in [0.3, 0.4) is 0 Å². The normalized spacial score (nSPS) is 18.4. The lowest BCUT2D eigenvalue weighted by Gasteiger charge is -2.08. The molecule has 0 spiro atoms. The van der Waals surface area contributed by atoms with Gasteiger partial charge in [-0.15, -0.1) is 0 Å². The summed E-state index contributed by atoms with van der Waals surface area (Å²) in [5, 5.41) is 0.866. The third kappa shape index (κ3) is 2.14. The first kappa shape index (κ1) is 9.98. The first-order valence-corrected chi connectivity index (χ1v) is 6.73. The maximum absolute atomic E-state index is 2.27. The topological polar surface area (TPSA) is 0 Å². The van der Waals surface area contributed by atoms with E-state index in [1.165, 1.54) is 28.9 Å². The van der Waals surface area contributed by atoms with Crippen molar-refractivity contribution >= 4 is 11.8 Å². The molecule has 1 aliphatic heterocycles. The Morgan fingerprint density at radius 1 is 0.938 bits per heavy atom. The summed E-state index contributed by atoms with van der Waals surface area (Å²) in [6.45, 7) is 0. The molecular weight excluding hydrogens is 212 g/mol. The zero-order valence-corrected chi connectivity index (χ0v) is 9.91. The Morgan fingerprint density at radius 3 is 2.38 bits per heavy atom. The molecule has 0 amide bonds. The number of hydrogen-bond acceptors (Lipinski definition) is 1. The van der Waals surface area contributed by atoms with Crippen LogP contribution in [0.5, 0.6) is 0 Å². The maximum atomic E-state index is 2.27. The van der Waals surface area contributed by atoms with Gasteiger partial charge in [-0.05, 0) is 23.1 Å².